The zero-order chi connectivity index (χ0) is 21.9. The fourth-order valence-electron chi connectivity index (χ4n) is 3.34. The quantitative estimate of drug-likeness (QED) is 0.371. The Labute approximate surface area is 193 Å². The third-order valence-electron chi connectivity index (χ3n) is 4.84. The Morgan fingerprint density at radius 1 is 1.12 bits per heavy atom. The molecule has 0 saturated carbocycles. The lowest BCUT2D eigenvalue weighted by molar-refractivity contribution is -0.113. The molecule has 1 amide bonds. The van der Waals surface area contributed by atoms with Gasteiger partial charge in [-0.15, -0.1) is 0 Å². The highest BCUT2D eigenvalue weighted by Crippen LogP contribution is 2.34. The summed E-state index contributed by atoms with van der Waals surface area (Å²) in [6.07, 6.45) is 3.43. The van der Waals surface area contributed by atoms with E-state index in [0.717, 1.165) is 17.0 Å². The number of furan rings is 1. The van der Waals surface area contributed by atoms with Crippen molar-refractivity contribution in [1.29, 1.82) is 0 Å². The molecule has 32 heavy (non-hydrogen) atoms. The number of nitrogens with one attached hydrogen (secondary N) is 1. The van der Waals surface area contributed by atoms with Crippen molar-refractivity contribution in [3.63, 3.8) is 0 Å². The molecule has 0 atom stereocenters. The number of carbonyl (C=O) groups excluding carboxylic acids is 1. The van der Waals surface area contributed by atoms with E-state index in [1.165, 1.54) is 11.8 Å². The van der Waals surface area contributed by atoms with Gasteiger partial charge in [-0.1, -0.05) is 35.5 Å². The summed E-state index contributed by atoms with van der Waals surface area (Å²) in [4.78, 5) is 17.1. The van der Waals surface area contributed by atoms with E-state index in [0.29, 0.717) is 33.9 Å². The predicted octanol–water partition coefficient (Wildman–Crippen LogP) is 5.30. The summed E-state index contributed by atoms with van der Waals surface area (Å²) in [6, 6.07) is 16.6. The molecule has 1 aliphatic heterocycles. The highest BCUT2D eigenvalue weighted by molar-refractivity contribution is 7.99. The number of thioether (sulfide) groups is 1. The number of imidazole rings is 1. The zero-order valence-corrected chi connectivity index (χ0v) is 18.4. The number of hydrogen-bond acceptors (Lipinski definition) is 6. The summed E-state index contributed by atoms with van der Waals surface area (Å²) in [5.74, 6) is 2.15. The molecule has 4 aromatic rings. The topological polar surface area (TPSA) is 78.5 Å². The Balaban J connectivity index is 1.32. The number of rotatable bonds is 7. The third-order valence-corrected chi connectivity index (χ3v) is 6.08. The molecule has 5 rings (SSSR count). The van der Waals surface area contributed by atoms with E-state index in [2.05, 4.69) is 10.3 Å². The maximum atomic E-state index is 12.6. The second-order valence-electron chi connectivity index (χ2n) is 7.00. The van der Waals surface area contributed by atoms with Crippen molar-refractivity contribution in [2.24, 2.45) is 0 Å². The Morgan fingerprint density at radius 2 is 1.97 bits per heavy atom. The fourth-order valence-corrected chi connectivity index (χ4v) is 4.24. The molecular weight excluding hydrogens is 450 g/mol. The van der Waals surface area contributed by atoms with Crippen LogP contribution in [0.15, 0.2) is 76.6 Å². The molecule has 1 N–H and O–H groups in total. The van der Waals surface area contributed by atoms with Crippen LogP contribution in [0.2, 0.25) is 5.02 Å². The van der Waals surface area contributed by atoms with Crippen molar-refractivity contribution in [2.45, 2.75) is 11.7 Å². The van der Waals surface area contributed by atoms with Gasteiger partial charge in [-0.05, 0) is 42.0 Å². The van der Waals surface area contributed by atoms with E-state index in [4.69, 9.17) is 25.5 Å². The first-order valence-corrected chi connectivity index (χ1v) is 11.2. The maximum Gasteiger partial charge on any atom is 0.234 e. The SMILES string of the molecule is O=C(CSc1ncc(-c2ccc(Cl)cc2)n1Cc1ccco1)Nc1ccc2c(c1)OCO2. The highest BCUT2D eigenvalue weighted by Gasteiger charge is 2.17. The smallest absolute Gasteiger partial charge is 0.234 e. The number of anilines is 1. The molecule has 2 aromatic heterocycles. The van der Waals surface area contributed by atoms with Crippen LogP contribution >= 0.6 is 23.4 Å². The third kappa shape index (κ3) is 4.46. The van der Waals surface area contributed by atoms with Crippen LogP contribution in [0.3, 0.4) is 0 Å². The van der Waals surface area contributed by atoms with Crippen molar-refractivity contribution in [3.8, 4) is 22.8 Å². The summed E-state index contributed by atoms with van der Waals surface area (Å²) in [5.41, 5.74) is 2.54. The van der Waals surface area contributed by atoms with Crippen LogP contribution < -0.4 is 14.8 Å². The Bertz CT molecular complexity index is 1240. The highest BCUT2D eigenvalue weighted by atomic mass is 35.5. The lowest BCUT2D eigenvalue weighted by atomic mass is 10.1. The van der Waals surface area contributed by atoms with Gasteiger partial charge in [0.15, 0.2) is 16.7 Å². The van der Waals surface area contributed by atoms with Crippen LogP contribution in [0, 0.1) is 0 Å². The van der Waals surface area contributed by atoms with Crippen LogP contribution in [0.25, 0.3) is 11.3 Å². The van der Waals surface area contributed by atoms with E-state index in [9.17, 15) is 4.79 Å². The van der Waals surface area contributed by atoms with Crippen molar-refractivity contribution in [1.82, 2.24) is 9.55 Å². The van der Waals surface area contributed by atoms with E-state index >= 15 is 0 Å². The molecule has 0 saturated heterocycles. The number of aromatic nitrogens is 2. The van der Waals surface area contributed by atoms with Gasteiger partial charge in [-0.2, -0.15) is 0 Å². The van der Waals surface area contributed by atoms with Gasteiger partial charge in [0, 0.05) is 16.8 Å². The molecule has 0 spiro atoms. The molecule has 0 bridgehead atoms. The average Bonchev–Trinajstić information content (AvgIpc) is 3.54. The largest absolute Gasteiger partial charge is 0.467 e. The second-order valence-corrected chi connectivity index (χ2v) is 8.38. The van der Waals surface area contributed by atoms with Gasteiger partial charge in [0.25, 0.3) is 0 Å². The lowest BCUT2D eigenvalue weighted by Crippen LogP contribution is -2.14. The molecule has 0 aliphatic carbocycles. The van der Waals surface area contributed by atoms with Gasteiger partial charge < -0.3 is 23.8 Å². The van der Waals surface area contributed by atoms with E-state index in [-0.39, 0.29) is 18.5 Å². The summed E-state index contributed by atoms with van der Waals surface area (Å²) < 4.78 is 18.2. The van der Waals surface area contributed by atoms with Gasteiger partial charge in [0.05, 0.1) is 30.5 Å². The van der Waals surface area contributed by atoms with Gasteiger partial charge in [-0.25, -0.2) is 4.98 Å². The molecule has 0 radical (unpaired) electrons. The van der Waals surface area contributed by atoms with Gasteiger partial charge in [0.1, 0.15) is 5.76 Å². The minimum Gasteiger partial charge on any atom is -0.467 e. The average molecular weight is 468 g/mol. The van der Waals surface area contributed by atoms with Crippen molar-refractivity contribution in [2.75, 3.05) is 17.9 Å². The summed E-state index contributed by atoms with van der Waals surface area (Å²) in [7, 11) is 0. The van der Waals surface area contributed by atoms with E-state index < -0.39 is 0 Å². The normalized spacial score (nSPS) is 12.2. The number of fused-ring (bicyclic) bond motifs is 1. The molecule has 0 fully saturated rings. The predicted molar refractivity (Wildman–Crippen MR) is 122 cm³/mol. The number of nitrogens with zero attached hydrogens (tertiary/aromatic N) is 2. The molecule has 9 heteroatoms. The Morgan fingerprint density at radius 3 is 2.78 bits per heavy atom. The number of amides is 1. The number of benzene rings is 2. The lowest BCUT2D eigenvalue weighted by Gasteiger charge is -2.11. The molecule has 0 unspecified atom stereocenters. The summed E-state index contributed by atoms with van der Waals surface area (Å²) >= 11 is 7.40. The van der Waals surface area contributed by atoms with Crippen LogP contribution in [-0.2, 0) is 11.3 Å². The first-order chi connectivity index (χ1) is 15.7. The van der Waals surface area contributed by atoms with Gasteiger partial charge in [0.2, 0.25) is 12.7 Å². The summed E-state index contributed by atoms with van der Waals surface area (Å²) in [5, 5.41) is 4.27. The first kappa shape index (κ1) is 20.5. The number of ether oxygens (including phenoxy) is 2. The fraction of sp³-hybridized carbons (Fsp3) is 0.130. The van der Waals surface area contributed by atoms with Crippen molar-refractivity contribution < 1.29 is 18.7 Å². The van der Waals surface area contributed by atoms with Gasteiger partial charge >= 0.3 is 0 Å². The van der Waals surface area contributed by atoms with Crippen molar-refractivity contribution >= 4 is 35.0 Å². The molecule has 3 heterocycles. The molecule has 7 nitrogen and oxygen atoms in total. The Kier molecular flexibility index (Phi) is 5.79. The van der Waals surface area contributed by atoms with Crippen molar-refractivity contribution in [3.05, 3.63) is 77.8 Å². The minimum absolute atomic E-state index is 0.144. The van der Waals surface area contributed by atoms with Crippen LogP contribution in [0.4, 0.5) is 5.69 Å². The second kappa shape index (κ2) is 9.02. The van der Waals surface area contributed by atoms with Crippen LogP contribution in [0.5, 0.6) is 11.5 Å². The van der Waals surface area contributed by atoms with E-state index in [1.807, 2.05) is 41.0 Å². The Hall–Kier alpha value is -3.36. The maximum absolute atomic E-state index is 12.6. The monoisotopic (exact) mass is 467 g/mol. The number of carbonyl (C=O) groups is 1. The number of halogens is 1. The standard InChI is InChI=1S/C23H18ClN3O4S/c24-16-5-3-15(4-6-16)19-11-25-23(27(19)12-18-2-1-9-29-18)32-13-22(28)26-17-7-8-20-21(10-17)31-14-30-20/h1-11H,12-14H2,(H,26,28). The molecule has 2 aromatic carbocycles. The van der Waals surface area contributed by atoms with E-state index in [1.54, 1.807) is 30.7 Å². The zero-order valence-electron chi connectivity index (χ0n) is 16.8. The molecular formula is C23H18ClN3O4S. The van der Waals surface area contributed by atoms with Gasteiger partial charge in [-0.3, -0.25) is 4.79 Å². The molecule has 162 valence electrons. The van der Waals surface area contributed by atoms with Crippen LogP contribution in [0.1, 0.15) is 5.76 Å². The number of hydrogen-bond donors (Lipinski definition) is 1. The van der Waals surface area contributed by atoms with Crippen LogP contribution in [-0.4, -0.2) is 28.0 Å². The first-order valence-electron chi connectivity index (χ1n) is 9.82. The summed E-state index contributed by atoms with van der Waals surface area (Å²) in [6.45, 7) is 0.688. The molecule has 1 aliphatic rings. The minimum atomic E-state index is -0.144.